The van der Waals surface area contributed by atoms with Gasteiger partial charge in [0.1, 0.15) is 5.82 Å². The van der Waals surface area contributed by atoms with Crippen LogP contribution in [0.4, 0.5) is 28.0 Å². The van der Waals surface area contributed by atoms with E-state index in [1.165, 1.54) is 35.2 Å². The Bertz CT molecular complexity index is 1080. The minimum Gasteiger partial charge on any atom is -0.326 e. The summed E-state index contributed by atoms with van der Waals surface area (Å²) in [7, 11) is 0. The molecule has 0 aromatic heterocycles. The molecule has 3 amide bonds. The van der Waals surface area contributed by atoms with Crippen LogP contribution in [-0.2, 0) is 11.0 Å². The van der Waals surface area contributed by atoms with Gasteiger partial charge >= 0.3 is 12.2 Å². The number of nitrogens with one attached hydrogen (secondary N) is 2. The molecule has 1 atom stereocenters. The van der Waals surface area contributed by atoms with Gasteiger partial charge in [0.05, 0.1) is 22.9 Å². The molecule has 9 heteroatoms. The number of para-hydroxylation sites is 1. The molecule has 0 bridgehead atoms. The second-order valence-electron chi connectivity index (χ2n) is 7.54. The zero-order chi connectivity index (χ0) is 22.3. The van der Waals surface area contributed by atoms with Gasteiger partial charge in [-0.3, -0.25) is 9.69 Å². The number of carbonyl (C=O) groups excluding carboxylic acids is 2. The minimum absolute atomic E-state index is 0.0640. The van der Waals surface area contributed by atoms with Crippen LogP contribution in [0.5, 0.6) is 0 Å². The van der Waals surface area contributed by atoms with E-state index in [0.29, 0.717) is 5.70 Å². The molecule has 0 saturated heterocycles. The van der Waals surface area contributed by atoms with E-state index in [4.69, 9.17) is 0 Å². The predicted octanol–water partition coefficient (Wildman–Crippen LogP) is 4.99. The molecule has 2 aromatic carbocycles. The van der Waals surface area contributed by atoms with Crippen molar-refractivity contribution in [2.24, 2.45) is 0 Å². The van der Waals surface area contributed by atoms with E-state index in [1.54, 1.807) is 13.0 Å². The molecule has 31 heavy (non-hydrogen) atoms. The summed E-state index contributed by atoms with van der Waals surface area (Å²) in [4.78, 5) is 27.3. The van der Waals surface area contributed by atoms with E-state index in [2.05, 4.69) is 10.6 Å². The Morgan fingerprint density at radius 3 is 2.48 bits per heavy atom. The Morgan fingerprint density at radius 2 is 1.84 bits per heavy atom. The largest absolute Gasteiger partial charge is 0.416 e. The molecule has 1 fully saturated rings. The summed E-state index contributed by atoms with van der Waals surface area (Å²) in [6.45, 7) is 1.58. The number of benzene rings is 2. The third-order valence-corrected chi connectivity index (χ3v) is 5.35. The summed E-state index contributed by atoms with van der Waals surface area (Å²) in [6, 6.07) is 8.36. The quantitative estimate of drug-likeness (QED) is 0.668. The molecule has 1 aliphatic heterocycles. The predicted molar refractivity (Wildman–Crippen MR) is 105 cm³/mol. The number of nitrogens with zero attached hydrogens (tertiary/aromatic N) is 1. The van der Waals surface area contributed by atoms with Crippen molar-refractivity contribution in [3.8, 4) is 0 Å². The summed E-state index contributed by atoms with van der Waals surface area (Å²) in [5.41, 5.74) is -0.450. The highest BCUT2D eigenvalue weighted by molar-refractivity contribution is 6.06. The zero-order valence-corrected chi connectivity index (χ0v) is 16.5. The average molecular weight is 433 g/mol. The molecule has 2 aliphatic rings. The Morgan fingerprint density at radius 1 is 1.13 bits per heavy atom. The van der Waals surface area contributed by atoms with Gasteiger partial charge in [-0.05, 0) is 49.6 Å². The van der Waals surface area contributed by atoms with E-state index in [0.717, 1.165) is 25.0 Å². The average Bonchev–Trinajstić information content (AvgIpc) is 3.53. The molecule has 0 spiro atoms. The maximum absolute atomic E-state index is 14.1. The first-order valence-corrected chi connectivity index (χ1v) is 9.70. The second-order valence-corrected chi connectivity index (χ2v) is 7.54. The van der Waals surface area contributed by atoms with Crippen LogP contribution in [0.25, 0.3) is 0 Å². The van der Waals surface area contributed by atoms with Crippen LogP contribution in [0.2, 0.25) is 0 Å². The van der Waals surface area contributed by atoms with Crippen molar-refractivity contribution in [3.63, 3.8) is 0 Å². The molecule has 1 heterocycles. The molecule has 1 aliphatic carbocycles. The number of hydrogen-bond acceptors (Lipinski definition) is 2. The fourth-order valence-electron chi connectivity index (χ4n) is 3.72. The molecule has 2 aromatic rings. The summed E-state index contributed by atoms with van der Waals surface area (Å²) >= 11 is 0. The van der Waals surface area contributed by atoms with Crippen molar-refractivity contribution in [3.05, 3.63) is 76.7 Å². The highest BCUT2D eigenvalue weighted by atomic mass is 19.4. The normalized spacial score (nSPS) is 19.3. The highest BCUT2D eigenvalue weighted by Gasteiger charge is 2.42. The van der Waals surface area contributed by atoms with Crippen LogP contribution in [-0.4, -0.2) is 22.9 Å². The summed E-state index contributed by atoms with van der Waals surface area (Å²) in [5, 5.41) is 5.13. The van der Waals surface area contributed by atoms with Gasteiger partial charge in [0, 0.05) is 11.7 Å². The number of halogens is 4. The van der Waals surface area contributed by atoms with Crippen molar-refractivity contribution < 1.29 is 27.2 Å². The van der Waals surface area contributed by atoms with E-state index < -0.39 is 35.5 Å². The summed E-state index contributed by atoms with van der Waals surface area (Å²) < 4.78 is 53.7. The first-order chi connectivity index (χ1) is 14.7. The number of anilines is 1. The molecule has 5 nitrogen and oxygen atoms in total. The van der Waals surface area contributed by atoms with Gasteiger partial charge in [0.2, 0.25) is 0 Å². The lowest BCUT2D eigenvalue weighted by Crippen LogP contribution is -2.49. The Labute approximate surface area is 175 Å². The number of allylic oxidation sites excluding steroid dienone is 1. The Hall–Kier alpha value is -3.36. The SMILES string of the molecule is CC1=C(C(=O)Nc2ccccc2F)[C@@H](c2cccc(C(F)(F)F)c2)NC(=O)N1C1CC1. The summed E-state index contributed by atoms with van der Waals surface area (Å²) in [5.74, 6) is -1.35. The van der Waals surface area contributed by atoms with Gasteiger partial charge in [-0.1, -0.05) is 24.3 Å². The first kappa shape index (κ1) is 20.9. The molecule has 0 radical (unpaired) electrons. The number of carbonyl (C=O) groups is 2. The van der Waals surface area contributed by atoms with Crippen molar-refractivity contribution in [2.45, 2.75) is 38.0 Å². The van der Waals surface area contributed by atoms with Crippen LogP contribution >= 0.6 is 0 Å². The molecule has 0 unspecified atom stereocenters. The first-order valence-electron chi connectivity index (χ1n) is 9.70. The van der Waals surface area contributed by atoms with Gasteiger partial charge in [-0.2, -0.15) is 13.2 Å². The van der Waals surface area contributed by atoms with Gasteiger partial charge in [0.25, 0.3) is 5.91 Å². The van der Waals surface area contributed by atoms with Crippen LogP contribution in [0.3, 0.4) is 0 Å². The number of amides is 3. The molecule has 162 valence electrons. The van der Waals surface area contributed by atoms with Crippen molar-refractivity contribution >= 4 is 17.6 Å². The van der Waals surface area contributed by atoms with Gasteiger partial charge < -0.3 is 10.6 Å². The fourth-order valence-corrected chi connectivity index (χ4v) is 3.72. The smallest absolute Gasteiger partial charge is 0.326 e. The second kappa shape index (κ2) is 7.72. The highest BCUT2D eigenvalue weighted by Crippen LogP contribution is 2.39. The number of urea groups is 1. The third-order valence-electron chi connectivity index (χ3n) is 5.35. The zero-order valence-electron chi connectivity index (χ0n) is 16.5. The van der Waals surface area contributed by atoms with Crippen LogP contribution in [0.15, 0.2) is 59.8 Å². The monoisotopic (exact) mass is 433 g/mol. The molecule has 1 saturated carbocycles. The molecular weight excluding hydrogens is 414 g/mol. The number of rotatable bonds is 4. The van der Waals surface area contributed by atoms with Gasteiger partial charge in [0.15, 0.2) is 0 Å². The topological polar surface area (TPSA) is 61.4 Å². The standard InChI is InChI=1S/C22H19F4N3O2/c1-12-18(20(30)27-17-8-3-2-7-16(17)23)19(28-21(31)29(12)15-9-10-15)13-5-4-6-14(11-13)22(24,25)26/h2-8,11,15,19H,9-10H2,1H3,(H,27,30)(H,28,31)/t19-/m1/s1. The number of hydrogen-bond donors (Lipinski definition) is 2. The van der Waals surface area contributed by atoms with Crippen LogP contribution < -0.4 is 10.6 Å². The fraction of sp³-hybridized carbons (Fsp3) is 0.273. The third kappa shape index (κ3) is 4.12. The lowest BCUT2D eigenvalue weighted by atomic mass is 9.92. The van der Waals surface area contributed by atoms with Crippen LogP contribution in [0, 0.1) is 5.82 Å². The molecule has 4 rings (SSSR count). The Balaban J connectivity index is 1.77. The molecular formula is C22H19F4N3O2. The summed E-state index contributed by atoms with van der Waals surface area (Å²) in [6.07, 6.45) is -3.05. The Kier molecular flexibility index (Phi) is 5.20. The number of alkyl halides is 3. The van der Waals surface area contributed by atoms with Gasteiger partial charge in [-0.25, -0.2) is 9.18 Å². The van der Waals surface area contributed by atoms with E-state index >= 15 is 0 Å². The van der Waals surface area contributed by atoms with Crippen molar-refractivity contribution in [2.75, 3.05) is 5.32 Å². The van der Waals surface area contributed by atoms with Crippen LogP contribution in [0.1, 0.15) is 36.9 Å². The maximum Gasteiger partial charge on any atom is 0.416 e. The van der Waals surface area contributed by atoms with E-state index in [-0.39, 0.29) is 22.9 Å². The maximum atomic E-state index is 14.1. The van der Waals surface area contributed by atoms with E-state index in [1.807, 2.05) is 0 Å². The van der Waals surface area contributed by atoms with E-state index in [9.17, 15) is 27.2 Å². The van der Waals surface area contributed by atoms with Crippen molar-refractivity contribution in [1.82, 2.24) is 10.2 Å². The van der Waals surface area contributed by atoms with Gasteiger partial charge in [-0.15, -0.1) is 0 Å². The lowest BCUT2D eigenvalue weighted by Gasteiger charge is -2.36. The lowest BCUT2D eigenvalue weighted by molar-refractivity contribution is -0.137. The minimum atomic E-state index is -4.58. The van der Waals surface area contributed by atoms with Crippen molar-refractivity contribution in [1.29, 1.82) is 0 Å². The molecule has 2 N–H and O–H groups in total.